The van der Waals surface area contributed by atoms with Crippen LogP contribution in [-0.2, 0) is 0 Å². The highest BCUT2D eigenvalue weighted by atomic mass is 19.1. The third-order valence-corrected chi connectivity index (χ3v) is 4.30. The van der Waals surface area contributed by atoms with Gasteiger partial charge in [-0.05, 0) is 37.1 Å². The Balaban J connectivity index is 2.08. The molecule has 0 saturated heterocycles. The molecular weight excluding hydrogens is 277 g/mol. The molecule has 1 unspecified atom stereocenters. The Morgan fingerprint density at radius 1 is 1.18 bits per heavy atom. The molecule has 22 heavy (non-hydrogen) atoms. The molecule has 0 spiro atoms. The molecule has 0 fully saturated rings. The lowest BCUT2D eigenvalue weighted by molar-refractivity contribution is 0.579. The van der Waals surface area contributed by atoms with Crippen molar-refractivity contribution in [1.29, 1.82) is 0 Å². The second kappa shape index (κ2) is 5.89. The smallest absolute Gasteiger partial charge is 0.128 e. The van der Waals surface area contributed by atoms with E-state index >= 15 is 0 Å². The van der Waals surface area contributed by atoms with Crippen LogP contribution in [0.3, 0.4) is 0 Å². The highest BCUT2D eigenvalue weighted by molar-refractivity contribution is 5.90. The van der Waals surface area contributed by atoms with Crippen LogP contribution in [0.1, 0.15) is 29.2 Å². The Bertz CT molecular complexity index is 724. The van der Waals surface area contributed by atoms with Gasteiger partial charge in [-0.1, -0.05) is 30.3 Å². The van der Waals surface area contributed by atoms with Crippen molar-refractivity contribution in [2.24, 2.45) is 10.8 Å². The van der Waals surface area contributed by atoms with Gasteiger partial charge in [-0.15, -0.1) is 0 Å². The third-order valence-electron chi connectivity index (χ3n) is 4.30. The molecule has 2 aromatic rings. The summed E-state index contributed by atoms with van der Waals surface area (Å²) in [7, 11) is 0. The van der Waals surface area contributed by atoms with Crippen molar-refractivity contribution in [2.75, 3.05) is 11.6 Å². The van der Waals surface area contributed by atoms with Crippen LogP contribution in [0, 0.1) is 19.7 Å². The molecular formula is C18H20FN3. The van der Waals surface area contributed by atoms with Gasteiger partial charge in [0.05, 0.1) is 17.4 Å². The highest BCUT2D eigenvalue weighted by Gasteiger charge is 2.31. The van der Waals surface area contributed by atoms with E-state index in [-0.39, 0.29) is 11.9 Å². The molecule has 2 aromatic carbocycles. The molecule has 1 aliphatic rings. The summed E-state index contributed by atoms with van der Waals surface area (Å²) in [6.45, 7) is 4.53. The summed E-state index contributed by atoms with van der Waals surface area (Å²) in [6.07, 6.45) is 0.658. The average molecular weight is 297 g/mol. The van der Waals surface area contributed by atoms with E-state index in [1.54, 1.807) is 6.07 Å². The molecule has 0 bridgehead atoms. The van der Waals surface area contributed by atoms with Gasteiger partial charge in [0.2, 0.25) is 0 Å². The van der Waals surface area contributed by atoms with Crippen molar-refractivity contribution in [3.05, 3.63) is 65.0 Å². The first-order valence-electron chi connectivity index (χ1n) is 7.48. The summed E-state index contributed by atoms with van der Waals surface area (Å²) in [5, 5.41) is 6.56. The predicted octanol–water partition coefficient (Wildman–Crippen LogP) is 3.71. The van der Waals surface area contributed by atoms with E-state index < -0.39 is 0 Å². The van der Waals surface area contributed by atoms with E-state index in [2.05, 4.69) is 25.0 Å². The number of anilines is 1. The van der Waals surface area contributed by atoms with Gasteiger partial charge in [0.25, 0.3) is 0 Å². The van der Waals surface area contributed by atoms with Crippen molar-refractivity contribution in [1.82, 2.24) is 0 Å². The molecule has 3 nitrogen and oxygen atoms in total. The third kappa shape index (κ3) is 2.50. The van der Waals surface area contributed by atoms with Gasteiger partial charge in [-0.25, -0.2) is 4.39 Å². The second-order valence-corrected chi connectivity index (χ2v) is 5.68. The van der Waals surface area contributed by atoms with Gasteiger partial charge in [-0.3, -0.25) is 5.01 Å². The van der Waals surface area contributed by atoms with E-state index in [4.69, 9.17) is 5.73 Å². The van der Waals surface area contributed by atoms with Crippen molar-refractivity contribution < 1.29 is 4.39 Å². The number of nitrogens with zero attached hydrogens (tertiary/aromatic N) is 2. The van der Waals surface area contributed by atoms with Crippen molar-refractivity contribution in [3.8, 4) is 0 Å². The Labute approximate surface area is 130 Å². The minimum Gasteiger partial charge on any atom is -0.325 e. The zero-order valence-electron chi connectivity index (χ0n) is 12.9. The molecule has 0 aliphatic carbocycles. The normalized spacial score (nSPS) is 17.7. The van der Waals surface area contributed by atoms with Crippen molar-refractivity contribution >= 4 is 11.4 Å². The number of hydrogen-bond donors (Lipinski definition) is 1. The number of benzene rings is 2. The van der Waals surface area contributed by atoms with E-state index in [9.17, 15) is 4.39 Å². The summed E-state index contributed by atoms with van der Waals surface area (Å²) in [5.74, 6) is -0.198. The number of halogens is 1. The number of nitrogens with two attached hydrogens (primary N) is 1. The summed E-state index contributed by atoms with van der Waals surface area (Å²) in [4.78, 5) is 0. The van der Waals surface area contributed by atoms with Crippen LogP contribution in [0.15, 0.2) is 47.6 Å². The zero-order valence-corrected chi connectivity index (χ0v) is 12.9. The summed E-state index contributed by atoms with van der Waals surface area (Å²) in [5.41, 5.74) is 10.7. The molecule has 0 aromatic heterocycles. The van der Waals surface area contributed by atoms with Crippen LogP contribution in [-0.4, -0.2) is 12.3 Å². The SMILES string of the molecule is Cc1cccc(N2N=C(CN)CC2c2ccccc2F)c1C. The largest absolute Gasteiger partial charge is 0.325 e. The van der Waals surface area contributed by atoms with Gasteiger partial charge in [0.15, 0.2) is 0 Å². The Hall–Kier alpha value is -2.20. The topological polar surface area (TPSA) is 41.6 Å². The maximum atomic E-state index is 14.2. The molecule has 0 radical (unpaired) electrons. The fourth-order valence-corrected chi connectivity index (χ4v) is 2.89. The fraction of sp³-hybridized carbons (Fsp3) is 0.278. The summed E-state index contributed by atoms with van der Waals surface area (Å²) >= 11 is 0. The molecule has 4 heteroatoms. The van der Waals surface area contributed by atoms with E-state index in [0.29, 0.717) is 18.5 Å². The minimum atomic E-state index is -0.198. The fourth-order valence-electron chi connectivity index (χ4n) is 2.89. The molecule has 2 N–H and O–H groups in total. The van der Waals surface area contributed by atoms with E-state index in [1.807, 2.05) is 29.3 Å². The maximum Gasteiger partial charge on any atom is 0.128 e. The first-order valence-corrected chi connectivity index (χ1v) is 7.48. The molecule has 1 aliphatic heterocycles. The first-order chi connectivity index (χ1) is 10.6. The number of hydrogen-bond acceptors (Lipinski definition) is 3. The standard InChI is InChI=1S/C18H20FN3/c1-12-6-5-9-17(13(12)2)22-18(10-14(11-20)21-22)15-7-3-4-8-16(15)19/h3-9,18H,10-11,20H2,1-2H3. The predicted molar refractivity (Wildman–Crippen MR) is 88.6 cm³/mol. The van der Waals surface area contributed by atoms with Gasteiger partial charge in [0, 0.05) is 18.5 Å². The summed E-state index contributed by atoms with van der Waals surface area (Å²) < 4.78 is 14.2. The van der Waals surface area contributed by atoms with Crippen LogP contribution in [0.25, 0.3) is 0 Å². The average Bonchev–Trinajstić information content (AvgIpc) is 2.94. The monoisotopic (exact) mass is 297 g/mol. The van der Waals surface area contributed by atoms with Crippen LogP contribution >= 0.6 is 0 Å². The van der Waals surface area contributed by atoms with Crippen LogP contribution in [0.4, 0.5) is 10.1 Å². The van der Waals surface area contributed by atoms with Gasteiger partial charge >= 0.3 is 0 Å². The number of rotatable bonds is 3. The highest BCUT2D eigenvalue weighted by Crippen LogP contribution is 2.38. The Morgan fingerprint density at radius 3 is 2.68 bits per heavy atom. The number of aryl methyl sites for hydroxylation is 1. The summed E-state index contributed by atoms with van der Waals surface area (Å²) in [6, 6.07) is 12.9. The van der Waals surface area contributed by atoms with Crippen LogP contribution < -0.4 is 10.7 Å². The molecule has 1 atom stereocenters. The zero-order chi connectivity index (χ0) is 15.7. The molecule has 0 amide bonds. The van der Waals surface area contributed by atoms with Crippen molar-refractivity contribution in [2.45, 2.75) is 26.3 Å². The second-order valence-electron chi connectivity index (χ2n) is 5.68. The Morgan fingerprint density at radius 2 is 1.95 bits per heavy atom. The van der Waals surface area contributed by atoms with E-state index in [1.165, 1.54) is 11.6 Å². The number of hydrazone groups is 1. The van der Waals surface area contributed by atoms with Crippen LogP contribution in [0.2, 0.25) is 0 Å². The molecule has 3 rings (SSSR count). The van der Waals surface area contributed by atoms with Crippen molar-refractivity contribution in [3.63, 3.8) is 0 Å². The van der Waals surface area contributed by atoms with Gasteiger partial charge < -0.3 is 5.73 Å². The van der Waals surface area contributed by atoms with E-state index in [0.717, 1.165) is 17.0 Å². The quantitative estimate of drug-likeness (QED) is 0.938. The van der Waals surface area contributed by atoms with Gasteiger partial charge in [0.1, 0.15) is 5.82 Å². The lowest BCUT2D eigenvalue weighted by atomic mass is 9.99. The lowest BCUT2D eigenvalue weighted by Crippen LogP contribution is -2.20. The Kier molecular flexibility index (Phi) is 3.94. The minimum absolute atomic E-state index is 0.139. The maximum absolute atomic E-state index is 14.2. The first kappa shape index (κ1) is 14.7. The molecule has 114 valence electrons. The molecule has 0 saturated carbocycles. The lowest BCUT2D eigenvalue weighted by Gasteiger charge is -2.26. The van der Waals surface area contributed by atoms with Gasteiger partial charge in [-0.2, -0.15) is 5.10 Å². The van der Waals surface area contributed by atoms with Crippen LogP contribution in [0.5, 0.6) is 0 Å². The molecule has 1 heterocycles.